The van der Waals surface area contributed by atoms with Crippen LogP contribution in [0.5, 0.6) is 0 Å². The maximum Gasteiger partial charge on any atom is 0.431 e. The van der Waals surface area contributed by atoms with Crippen LogP contribution in [0.4, 0.5) is 4.79 Å². The molecule has 1 rings (SSSR count). The fourth-order valence-corrected chi connectivity index (χ4v) is 2.04. The minimum Gasteiger partial charge on any atom is -0.480 e. The van der Waals surface area contributed by atoms with Crippen LogP contribution in [0.3, 0.4) is 0 Å². The summed E-state index contributed by atoms with van der Waals surface area (Å²) in [6, 6.07) is 7.90. The van der Waals surface area contributed by atoms with Crippen LogP contribution in [-0.2, 0) is 25.8 Å². The third-order valence-electron chi connectivity index (χ3n) is 3.14. The summed E-state index contributed by atoms with van der Waals surface area (Å²) in [5.41, 5.74) is 2.85. The van der Waals surface area contributed by atoms with E-state index in [0.29, 0.717) is 0 Å². The fourth-order valence-electron chi connectivity index (χ4n) is 1.80. The third kappa shape index (κ3) is 7.44. The molecule has 0 spiro atoms. The zero-order valence-corrected chi connectivity index (χ0v) is 14.9. The largest absolute Gasteiger partial charge is 0.480 e. The summed E-state index contributed by atoms with van der Waals surface area (Å²) in [5.74, 6) is -2.26. The lowest BCUT2D eigenvalue weighted by Gasteiger charge is -2.22. The van der Waals surface area contributed by atoms with E-state index in [1.165, 1.54) is 0 Å². The first-order chi connectivity index (χ1) is 11.8. The van der Waals surface area contributed by atoms with Crippen molar-refractivity contribution in [3.8, 4) is 0 Å². The van der Waals surface area contributed by atoms with Crippen LogP contribution in [-0.4, -0.2) is 41.0 Å². The number of carbonyl (C=O) groups is 3. The topological polar surface area (TPSA) is 114 Å². The summed E-state index contributed by atoms with van der Waals surface area (Å²) in [5, 5.41) is 11.2. The predicted molar refractivity (Wildman–Crippen MR) is 92.9 cm³/mol. The van der Waals surface area contributed by atoms with Gasteiger partial charge in [-0.3, -0.25) is 9.63 Å². The number of carboxylic acids is 1. The second-order valence-corrected chi connectivity index (χ2v) is 5.89. The molecule has 0 aliphatic heterocycles. The van der Waals surface area contributed by atoms with Crippen molar-refractivity contribution in [2.24, 2.45) is 5.92 Å². The van der Waals surface area contributed by atoms with E-state index in [2.05, 4.69) is 17.9 Å². The van der Waals surface area contributed by atoms with Crippen molar-refractivity contribution in [2.45, 2.75) is 32.6 Å². The van der Waals surface area contributed by atoms with Gasteiger partial charge in [-0.2, -0.15) is 18.1 Å². The molecule has 0 radical (unpaired) electrons. The molecule has 2 atom stereocenters. The molecule has 1 aromatic rings. The Labute approximate surface area is 151 Å². The molecule has 3 N–H and O–H groups in total. The van der Waals surface area contributed by atoms with Gasteiger partial charge >= 0.3 is 12.1 Å². The molecular formula is C16H22N2O6S. The Bertz CT molecular complexity index is 581. The van der Waals surface area contributed by atoms with Crippen LogP contribution in [0.15, 0.2) is 30.3 Å². The highest BCUT2D eigenvalue weighted by atomic mass is 32.1. The van der Waals surface area contributed by atoms with Gasteiger partial charge in [-0.15, -0.1) is 0 Å². The van der Waals surface area contributed by atoms with Gasteiger partial charge in [-0.1, -0.05) is 44.2 Å². The van der Waals surface area contributed by atoms with E-state index in [9.17, 15) is 14.4 Å². The molecule has 0 unspecified atom stereocenters. The van der Waals surface area contributed by atoms with E-state index in [4.69, 9.17) is 14.7 Å². The molecule has 25 heavy (non-hydrogen) atoms. The van der Waals surface area contributed by atoms with Crippen LogP contribution < -0.4 is 10.8 Å². The minimum atomic E-state index is -1.21. The molecular weight excluding hydrogens is 348 g/mol. The number of carbonyl (C=O) groups excluding carboxylic acids is 2. The van der Waals surface area contributed by atoms with Crippen LogP contribution >= 0.6 is 12.6 Å². The fraction of sp³-hybridized carbons (Fsp3) is 0.438. The van der Waals surface area contributed by atoms with Crippen molar-refractivity contribution >= 4 is 30.6 Å². The summed E-state index contributed by atoms with van der Waals surface area (Å²) in [6.45, 7) is 3.44. The Morgan fingerprint density at radius 3 is 2.36 bits per heavy atom. The minimum absolute atomic E-state index is 0.0509. The summed E-state index contributed by atoms with van der Waals surface area (Å²) in [6.07, 6.45) is -1.93. The van der Waals surface area contributed by atoms with Crippen LogP contribution in [0.1, 0.15) is 19.4 Å². The van der Waals surface area contributed by atoms with E-state index >= 15 is 0 Å². The monoisotopic (exact) mass is 370 g/mol. The molecule has 0 fully saturated rings. The first-order valence-corrected chi connectivity index (χ1v) is 8.24. The number of amides is 2. The van der Waals surface area contributed by atoms with Crippen molar-refractivity contribution < 1.29 is 29.1 Å². The highest BCUT2D eigenvalue weighted by Gasteiger charge is 2.28. The Morgan fingerprint density at radius 1 is 1.20 bits per heavy atom. The van der Waals surface area contributed by atoms with E-state index in [0.717, 1.165) is 5.56 Å². The van der Waals surface area contributed by atoms with E-state index < -0.39 is 30.1 Å². The van der Waals surface area contributed by atoms with Gasteiger partial charge in [0.25, 0.3) is 5.91 Å². The maximum atomic E-state index is 12.1. The average molecular weight is 370 g/mol. The van der Waals surface area contributed by atoms with Crippen molar-refractivity contribution in [1.29, 1.82) is 0 Å². The number of hydrogen-bond acceptors (Lipinski definition) is 6. The highest BCUT2D eigenvalue weighted by Crippen LogP contribution is 2.07. The zero-order chi connectivity index (χ0) is 18.8. The molecule has 8 nitrogen and oxygen atoms in total. The van der Waals surface area contributed by atoms with Gasteiger partial charge in [0.15, 0.2) is 6.10 Å². The molecule has 0 heterocycles. The quantitative estimate of drug-likeness (QED) is 0.386. The molecule has 0 saturated carbocycles. The molecule has 138 valence electrons. The molecule has 2 amide bonds. The van der Waals surface area contributed by atoms with Crippen LogP contribution in [0, 0.1) is 5.92 Å². The first kappa shape index (κ1) is 20.8. The van der Waals surface area contributed by atoms with Gasteiger partial charge in [-0.05, 0) is 11.5 Å². The van der Waals surface area contributed by atoms with Crippen LogP contribution in [0.25, 0.3) is 0 Å². The summed E-state index contributed by atoms with van der Waals surface area (Å²) in [7, 11) is 0. The number of nitrogens with one attached hydrogen (secondary N) is 2. The number of aliphatic carboxylic acids is 1. The van der Waals surface area contributed by atoms with Crippen LogP contribution in [0.2, 0.25) is 0 Å². The van der Waals surface area contributed by atoms with Gasteiger partial charge in [0.1, 0.15) is 12.6 Å². The second kappa shape index (κ2) is 10.6. The van der Waals surface area contributed by atoms with Gasteiger partial charge in [0.2, 0.25) is 0 Å². The molecule has 0 aliphatic carbocycles. The van der Waals surface area contributed by atoms with Gasteiger partial charge < -0.3 is 15.2 Å². The Morgan fingerprint density at radius 2 is 1.84 bits per heavy atom. The second-order valence-electron chi connectivity index (χ2n) is 5.53. The number of ether oxygens (including phenoxy) is 1. The average Bonchev–Trinajstić information content (AvgIpc) is 2.58. The maximum absolute atomic E-state index is 12.1. The first-order valence-electron chi connectivity index (χ1n) is 7.61. The lowest BCUT2D eigenvalue weighted by Crippen LogP contribution is -2.50. The SMILES string of the molecule is CC(C)[C@H](ONC(=O)OCc1ccccc1)C(=O)N[C@@H](CS)C(=O)O. The number of hydroxylamine groups is 1. The van der Waals surface area contributed by atoms with Gasteiger partial charge in [0.05, 0.1) is 0 Å². The molecule has 0 saturated heterocycles. The lowest BCUT2D eigenvalue weighted by atomic mass is 10.1. The Kier molecular flexibility index (Phi) is 8.79. The molecule has 0 aromatic heterocycles. The number of hydrogen-bond donors (Lipinski definition) is 4. The number of rotatable bonds is 9. The van der Waals surface area contributed by atoms with Crippen molar-refractivity contribution in [3.63, 3.8) is 0 Å². The van der Waals surface area contributed by atoms with E-state index in [-0.39, 0.29) is 18.3 Å². The van der Waals surface area contributed by atoms with Gasteiger partial charge in [-0.25, -0.2) is 9.59 Å². The summed E-state index contributed by atoms with van der Waals surface area (Å²) in [4.78, 5) is 39.8. The van der Waals surface area contributed by atoms with Crippen molar-refractivity contribution in [3.05, 3.63) is 35.9 Å². The summed E-state index contributed by atoms with van der Waals surface area (Å²) < 4.78 is 4.97. The normalized spacial score (nSPS) is 13.0. The van der Waals surface area contributed by atoms with Crippen molar-refractivity contribution in [2.75, 3.05) is 5.75 Å². The van der Waals surface area contributed by atoms with E-state index in [1.807, 2.05) is 23.7 Å². The number of carboxylic acid groups (broad SMARTS) is 1. The standard InChI is InChI=1S/C16H22N2O6S/c1-10(2)13(14(19)17-12(9-25)15(20)21)24-18-16(22)23-8-11-6-4-3-5-7-11/h3-7,10,12-13,25H,8-9H2,1-2H3,(H,17,19)(H,18,22)(H,20,21)/t12-,13-/m0/s1. The van der Waals surface area contributed by atoms with E-state index in [1.54, 1.807) is 26.0 Å². The Hall–Kier alpha value is -2.26. The van der Waals surface area contributed by atoms with Crippen molar-refractivity contribution in [1.82, 2.24) is 10.8 Å². The molecule has 9 heteroatoms. The molecule has 1 aromatic carbocycles. The number of benzene rings is 1. The Balaban J connectivity index is 2.50. The molecule has 0 aliphatic rings. The smallest absolute Gasteiger partial charge is 0.431 e. The molecule has 0 bridgehead atoms. The summed E-state index contributed by atoms with van der Waals surface area (Å²) >= 11 is 3.87. The predicted octanol–water partition coefficient (Wildman–Crippen LogP) is 1.37. The zero-order valence-electron chi connectivity index (χ0n) is 14.0. The highest BCUT2D eigenvalue weighted by molar-refractivity contribution is 7.80. The lowest BCUT2D eigenvalue weighted by molar-refractivity contribution is -0.147. The van der Waals surface area contributed by atoms with Gasteiger partial charge in [0, 0.05) is 5.75 Å². The third-order valence-corrected chi connectivity index (χ3v) is 3.51. The number of thiol groups is 1.